The SMILES string of the molecule is CC(C)(C)OC(=O)N[C@@H](Cc1c[nH]c2ccccc12)C(=O)OCc1ccccc1C(F)(F)F. The minimum atomic E-state index is -4.58. The molecule has 1 aromatic heterocycles. The summed E-state index contributed by atoms with van der Waals surface area (Å²) in [7, 11) is 0. The van der Waals surface area contributed by atoms with E-state index >= 15 is 0 Å². The second-order valence-corrected chi connectivity index (χ2v) is 8.53. The van der Waals surface area contributed by atoms with Crippen molar-refractivity contribution >= 4 is 23.0 Å². The van der Waals surface area contributed by atoms with E-state index in [0.717, 1.165) is 22.5 Å². The summed E-state index contributed by atoms with van der Waals surface area (Å²) in [6, 6.07) is 11.1. The van der Waals surface area contributed by atoms with Crippen molar-refractivity contribution in [3.63, 3.8) is 0 Å². The zero-order valence-electron chi connectivity index (χ0n) is 18.5. The molecule has 2 aromatic carbocycles. The number of amides is 1. The molecule has 3 aromatic rings. The number of benzene rings is 2. The number of alkyl carbamates (subject to hydrolysis) is 1. The molecular formula is C24H25F3N2O4. The van der Waals surface area contributed by atoms with Gasteiger partial charge in [-0.25, -0.2) is 9.59 Å². The van der Waals surface area contributed by atoms with E-state index in [0.29, 0.717) is 0 Å². The lowest BCUT2D eigenvalue weighted by atomic mass is 10.0. The molecule has 1 atom stereocenters. The first kappa shape index (κ1) is 24.2. The van der Waals surface area contributed by atoms with Gasteiger partial charge in [0.15, 0.2) is 0 Å². The van der Waals surface area contributed by atoms with E-state index in [2.05, 4.69) is 10.3 Å². The maximum Gasteiger partial charge on any atom is 0.416 e. The molecule has 0 aliphatic rings. The molecule has 6 nitrogen and oxygen atoms in total. The fraction of sp³-hybridized carbons (Fsp3) is 0.333. The van der Waals surface area contributed by atoms with Crippen LogP contribution in [0.25, 0.3) is 10.9 Å². The number of aromatic nitrogens is 1. The molecule has 9 heteroatoms. The number of nitrogens with one attached hydrogen (secondary N) is 2. The number of ether oxygens (including phenoxy) is 2. The van der Waals surface area contributed by atoms with Gasteiger partial charge in [-0.3, -0.25) is 0 Å². The van der Waals surface area contributed by atoms with E-state index < -0.39 is 42.1 Å². The average molecular weight is 462 g/mol. The van der Waals surface area contributed by atoms with Gasteiger partial charge in [0.2, 0.25) is 0 Å². The summed E-state index contributed by atoms with van der Waals surface area (Å²) >= 11 is 0. The number of hydrogen-bond acceptors (Lipinski definition) is 4. The monoisotopic (exact) mass is 462 g/mol. The molecule has 0 spiro atoms. The van der Waals surface area contributed by atoms with Crippen molar-refractivity contribution in [3.8, 4) is 0 Å². The lowest BCUT2D eigenvalue weighted by Gasteiger charge is -2.23. The standard InChI is InChI=1S/C24H25F3N2O4/c1-23(2,3)33-22(31)29-20(12-16-13-28-19-11-7-5-9-17(16)19)21(30)32-14-15-8-4-6-10-18(15)24(25,26)27/h4-11,13,20,28H,12,14H2,1-3H3,(H,29,31)/t20-/m0/s1. The molecule has 0 aliphatic heterocycles. The van der Waals surface area contributed by atoms with Gasteiger partial charge in [0.05, 0.1) is 5.56 Å². The summed E-state index contributed by atoms with van der Waals surface area (Å²) in [4.78, 5) is 28.3. The van der Waals surface area contributed by atoms with Crippen LogP contribution >= 0.6 is 0 Å². The summed E-state index contributed by atoms with van der Waals surface area (Å²) < 4.78 is 50.2. The van der Waals surface area contributed by atoms with Crippen molar-refractivity contribution < 1.29 is 32.2 Å². The normalized spacial score (nSPS) is 12.9. The van der Waals surface area contributed by atoms with E-state index in [1.165, 1.54) is 18.2 Å². The maximum atomic E-state index is 13.2. The van der Waals surface area contributed by atoms with Gasteiger partial charge in [-0.1, -0.05) is 36.4 Å². The number of alkyl halides is 3. The van der Waals surface area contributed by atoms with Gasteiger partial charge in [0.25, 0.3) is 0 Å². The van der Waals surface area contributed by atoms with Crippen LogP contribution in [0.5, 0.6) is 0 Å². The molecule has 2 N–H and O–H groups in total. The third-order valence-corrected chi connectivity index (χ3v) is 4.77. The first-order valence-corrected chi connectivity index (χ1v) is 10.3. The van der Waals surface area contributed by atoms with Crippen molar-refractivity contribution in [1.29, 1.82) is 0 Å². The fourth-order valence-electron chi connectivity index (χ4n) is 3.34. The largest absolute Gasteiger partial charge is 0.459 e. The Kier molecular flexibility index (Phi) is 7.00. The highest BCUT2D eigenvalue weighted by atomic mass is 19.4. The number of halogens is 3. The molecule has 1 heterocycles. The molecule has 176 valence electrons. The first-order valence-electron chi connectivity index (χ1n) is 10.3. The molecule has 0 saturated heterocycles. The lowest BCUT2D eigenvalue weighted by molar-refractivity contribution is -0.149. The zero-order valence-corrected chi connectivity index (χ0v) is 18.5. The molecule has 0 bridgehead atoms. The Bertz CT molecular complexity index is 1130. The van der Waals surface area contributed by atoms with Crippen molar-refractivity contribution in [2.75, 3.05) is 0 Å². The van der Waals surface area contributed by atoms with Crippen LogP contribution in [0, 0.1) is 0 Å². The number of rotatable bonds is 6. The minimum absolute atomic E-state index is 0.0585. The molecule has 0 fully saturated rings. The van der Waals surface area contributed by atoms with Gasteiger partial charge >= 0.3 is 18.2 Å². The van der Waals surface area contributed by atoms with Crippen LogP contribution in [0.4, 0.5) is 18.0 Å². The van der Waals surface area contributed by atoms with E-state index in [9.17, 15) is 22.8 Å². The Morgan fingerprint density at radius 3 is 2.36 bits per heavy atom. The Morgan fingerprint density at radius 2 is 1.67 bits per heavy atom. The number of carbonyl (C=O) groups is 2. The molecule has 1 amide bonds. The highest BCUT2D eigenvalue weighted by Crippen LogP contribution is 2.32. The lowest BCUT2D eigenvalue weighted by Crippen LogP contribution is -2.45. The van der Waals surface area contributed by atoms with Gasteiger partial charge in [-0.2, -0.15) is 13.2 Å². The molecular weight excluding hydrogens is 437 g/mol. The number of hydrogen-bond donors (Lipinski definition) is 2. The molecule has 33 heavy (non-hydrogen) atoms. The van der Waals surface area contributed by atoms with Crippen LogP contribution in [0.15, 0.2) is 54.7 Å². The van der Waals surface area contributed by atoms with Crippen molar-refractivity contribution in [1.82, 2.24) is 10.3 Å². The number of H-pyrrole nitrogens is 1. The summed E-state index contributed by atoms with van der Waals surface area (Å²) in [5, 5.41) is 3.34. The third kappa shape index (κ3) is 6.50. The number of para-hydroxylation sites is 1. The van der Waals surface area contributed by atoms with Crippen LogP contribution in [0.2, 0.25) is 0 Å². The maximum absolute atomic E-state index is 13.2. The second kappa shape index (κ2) is 9.56. The molecule has 3 rings (SSSR count). The van der Waals surface area contributed by atoms with Crippen molar-refractivity contribution in [2.45, 2.75) is 51.6 Å². The van der Waals surface area contributed by atoms with Crippen molar-refractivity contribution in [3.05, 3.63) is 71.4 Å². The van der Waals surface area contributed by atoms with E-state index in [-0.39, 0.29) is 12.0 Å². The summed E-state index contributed by atoms with van der Waals surface area (Å²) in [6.07, 6.45) is -3.65. The molecule has 0 radical (unpaired) electrons. The highest BCUT2D eigenvalue weighted by molar-refractivity contribution is 5.86. The van der Waals surface area contributed by atoms with E-state index in [4.69, 9.17) is 9.47 Å². The van der Waals surface area contributed by atoms with Crippen LogP contribution in [0.3, 0.4) is 0 Å². The summed E-state index contributed by atoms with van der Waals surface area (Å²) in [5.74, 6) is -0.872. The smallest absolute Gasteiger partial charge is 0.416 e. The van der Waals surface area contributed by atoms with Gasteiger partial charge < -0.3 is 19.8 Å². The van der Waals surface area contributed by atoms with Crippen LogP contribution in [0.1, 0.15) is 37.5 Å². The number of fused-ring (bicyclic) bond motifs is 1. The van der Waals surface area contributed by atoms with Crippen LogP contribution < -0.4 is 5.32 Å². The summed E-state index contributed by atoms with van der Waals surface area (Å²) in [6.45, 7) is 4.43. The van der Waals surface area contributed by atoms with Gasteiger partial charge in [0.1, 0.15) is 18.2 Å². The molecule has 0 saturated carbocycles. The van der Waals surface area contributed by atoms with Crippen molar-refractivity contribution in [2.24, 2.45) is 0 Å². The van der Waals surface area contributed by atoms with Crippen LogP contribution in [-0.2, 0) is 33.5 Å². The quantitative estimate of drug-likeness (QED) is 0.483. The topological polar surface area (TPSA) is 80.4 Å². The molecule has 0 aliphatic carbocycles. The Balaban J connectivity index is 1.80. The Labute approximate surface area is 189 Å². The fourth-order valence-corrected chi connectivity index (χ4v) is 3.34. The van der Waals surface area contributed by atoms with Crippen LogP contribution in [-0.4, -0.2) is 28.7 Å². The van der Waals surface area contributed by atoms with E-state index in [1.54, 1.807) is 27.0 Å². The number of aromatic amines is 1. The third-order valence-electron chi connectivity index (χ3n) is 4.77. The van der Waals surface area contributed by atoms with Gasteiger partial charge in [-0.05, 0) is 38.5 Å². The number of esters is 1. The van der Waals surface area contributed by atoms with E-state index in [1.807, 2.05) is 24.3 Å². The average Bonchev–Trinajstić information content (AvgIpc) is 3.12. The first-order chi connectivity index (χ1) is 15.4. The predicted molar refractivity (Wildman–Crippen MR) is 116 cm³/mol. The predicted octanol–water partition coefficient (Wildman–Crippen LogP) is 5.37. The minimum Gasteiger partial charge on any atom is -0.459 e. The molecule has 0 unspecified atom stereocenters. The van der Waals surface area contributed by atoms with Gasteiger partial charge in [-0.15, -0.1) is 0 Å². The highest BCUT2D eigenvalue weighted by Gasteiger charge is 2.33. The Hall–Kier alpha value is -3.49. The Morgan fingerprint density at radius 1 is 1.00 bits per heavy atom. The second-order valence-electron chi connectivity index (χ2n) is 8.53. The summed E-state index contributed by atoms with van der Waals surface area (Å²) in [5.41, 5.74) is -0.284. The zero-order chi connectivity index (χ0) is 24.2. The number of carbonyl (C=O) groups excluding carboxylic acids is 2. The van der Waals surface area contributed by atoms with Gasteiger partial charge in [0, 0.05) is 29.1 Å².